The Labute approximate surface area is 195 Å². The van der Waals surface area contributed by atoms with Gasteiger partial charge in [0.2, 0.25) is 10.0 Å². The van der Waals surface area contributed by atoms with E-state index < -0.39 is 10.0 Å². The number of benzene rings is 2. The van der Waals surface area contributed by atoms with Gasteiger partial charge in [0.1, 0.15) is 5.82 Å². The van der Waals surface area contributed by atoms with E-state index in [2.05, 4.69) is 11.4 Å². The largest absolute Gasteiger partial charge is 0.369 e. The van der Waals surface area contributed by atoms with E-state index in [0.717, 1.165) is 24.9 Å². The first-order valence-electron chi connectivity index (χ1n) is 11.5. The summed E-state index contributed by atoms with van der Waals surface area (Å²) >= 11 is 0. The number of amides is 1. The Hall–Kier alpha value is -2.71. The van der Waals surface area contributed by atoms with E-state index in [-0.39, 0.29) is 16.6 Å². The maximum Gasteiger partial charge on any atom is 0.251 e. The summed E-state index contributed by atoms with van der Waals surface area (Å²) < 4.78 is 41.0. The molecular formula is C25H30FN3O3S. The molecule has 0 saturated carbocycles. The highest BCUT2D eigenvalue weighted by molar-refractivity contribution is 7.89. The molecule has 1 fully saturated rings. The van der Waals surface area contributed by atoms with Crippen molar-refractivity contribution in [3.05, 3.63) is 71.6 Å². The smallest absolute Gasteiger partial charge is 0.251 e. The van der Waals surface area contributed by atoms with E-state index in [4.69, 9.17) is 0 Å². The lowest BCUT2D eigenvalue weighted by Crippen LogP contribution is -2.48. The van der Waals surface area contributed by atoms with Crippen LogP contribution in [0, 0.1) is 5.82 Å². The van der Waals surface area contributed by atoms with Gasteiger partial charge in [0.25, 0.3) is 5.91 Å². The molecule has 0 spiro atoms. The van der Waals surface area contributed by atoms with Gasteiger partial charge in [0, 0.05) is 44.0 Å². The first kappa shape index (κ1) is 23.4. The van der Waals surface area contributed by atoms with E-state index in [1.807, 2.05) is 4.90 Å². The van der Waals surface area contributed by atoms with Gasteiger partial charge in [-0.2, -0.15) is 4.31 Å². The lowest BCUT2D eigenvalue weighted by Gasteiger charge is -2.35. The van der Waals surface area contributed by atoms with E-state index in [1.54, 1.807) is 24.3 Å². The summed E-state index contributed by atoms with van der Waals surface area (Å²) in [5.41, 5.74) is 2.60. The maximum absolute atomic E-state index is 13.2. The van der Waals surface area contributed by atoms with Crippen molar-refractivity contribution in [2.75, 3.05) is 37.6 Å². The van der Waals surface area contributed by atoms with E-state index >= 15 is 0 Å². The predicted molar refractivity (Wildman–Crippen MR) is 127 cm³/mol. The molecule has 2 aromatic rings. The number of nitrogens with zero attached hydrogens (tertiary/aromatic N) is 2. The van der Waals surface area contributed by atoms with Crippen LogP contribution in [0.15, 0.2) is 65.1 Å². The highest BCUT2D eigenvalue weighted by Crippen LogP contribution is 2.23. The van der Waals surface area contributed by atoms with E-state index in [0.29, 0.717) is 38.3 Å². The van der Waals surface area contributed by atoms with Crippen LogP contribution in [0.5, 0.6) is 0 Å². The normalized spacial score (nSPS) is 17.5. The van der Waals surface area contributed by atoms with Crippen LogP contribution >= 0.6 is 0 Å². The minimum absolute atomic E-state index is 0.125. The molecule has 0 radical (unpaired) electrons. The van der Waals surface area contributed by atoms with E-state index in [1.165, 1.54) is 47.0 Å². The Morgan fingerprint density at radius 2 is 1.76 bits per heavy atom. The highest BCUT2D eigenvalue weighted by atomic mass is 32.2. The van der Waals surface area contributed by atoms with Crippen LogP contribution in [0.25, 0.3) is 0 Å². The van der Waals surface area contributed by atoms with Crippen LogP contribution in [-0.2, 0) is 10.0 Å². The average Bonchev–Trinajstić information content (AvgIpc) is 2.85. The Balaban J connectivity index is 1.36. The summed E-state index contributed by atoms with van der Waals surface area (Å²) in [5, 5.41) is 2.91. The van der Waals surface area contributed by atoms with Crippen molar-refractivity contribution in [1.29, 1.82) is 0 Å². The van der Waals surface area contributed by atoms with Crippen molar-refractivity contribution in [1.82, 2.24) is 9.62 Å². The molecule has 6 nitrogen and oxygen atoms in total. The molecule has 2 aliphatic rings. The van der Waals surface area contributed by atoms with Gasteiger partial charge in [0.15, 0.2) is 0 Å². The van der Waals surface area contributed by atoms with Gasteiger partial charge in [-0.05, 0) is 74.6 Å². The van der Waals surface area contributed by atoms with Crippen molar-refractivity contribution < 1.29 is 17.6 Å². The number of piperazine rings is 1. The molecule has 2 aromatic carbocycles. The predicted octanol–water partition coefficient (Wildman–Crippen LogP) is 3.96. The van der Waals surface area contributed by atoms with Crippen LogP contribution in [0.4, 0.5) is 10.1 Å². The minimum atomic E-state index is -3.71. The van der Waals surface area contributed by atoms with Gasteiger partial charge in [-0.15, -0.1) is 0 Å². The highest BCUT2D eigenvalue weighted by Gasteiger charge is 2.29. The van der Waals surface area contributed by atoms with Crippen molar-refractivity contribution in [2.45, 2.75) is 37.0 Å². The zero-order valence-electron chi connectivity index (χ0n) is 18.7. The van der Waals surface area contributed by atoms with Crippen LogP contribution in [-0.4, -0.2) is 51.4 Å². The fraction of sp³-hybridized carbons (Fsp3) is 0.400. The molecule has 0 atom stereocenters. The second-order valence-corrected chi connectivity index (χ2v) is 10.4. The molecule has 1 amide bonds. The van der Waals surface area contributed by atoms with Gasteiger partial charge in [-0.3, -0.25) is 4.79 Å². The van der Waals surface area contributed by atoms with Gasteiger partial charge in [-0.25, -0.2) is 12.8 Å². The Kier molecular flexibility index (Phi) is 7.45. The Morgan fingerprint density at radius 1 is 1.00 bits per heavy atom. The average molecular weight is 472 g/mol. The third-order valence-corrected chi connectivity index (χ3v) is 8.18. The van der Waals surface area contributed by atoms with Crippen molar-refractivity contribution in [3.8, 4) is 0 Å². The molecule has 1 aliphatic carbocycles. The molecule has 1 aliphatic heterocycles. The third kappa shape index (κ3) is 5.81. The molecule has 4 rings (SSSR count). The topological polar surface area (TPSA) is 69.7 Å². The molecule has 0 bridgehead atoms. The fourth-order valence-corrected chi connectivity index (χ4v) is 5.82. The number of allylic oxidation sites excluding steroid dienone is 1. The number of carbonyl (C=O) groups is 1. The van der Waals surface area contributed by atoms with Gasteiger partial charge in [0.05, 0.1) is 4.90 Å². The first-order valence-corrected chi connectivity index (χ1v) is 12.9. The zero-order chi connectivity index (χ0) is 23.3. The van der Waals surface area contributed by atoms with Crippen molar-refractivity contribution in [3.63, 3.8) is 0 Å². The Bertz CT molecular complexity index is 1110. The minimum Gasteiger partial charge on any atom is -0.369 e. The second kappa shape index (κ2) is 10.5. The monoisotopic (exact) mass is 471 g/mol. The van der Waals surface area contributed by atoms with Crippen LogP contribution in [0.1, 0.15) is 42.5 Å². The number of nitrogens with one attached hydrogen (secondary N) is 1. The van der Waals surface area contributed by atoms with Gasteiger partial charge >= 0.3 is 0 Å². The third-order valence-electron chi connectivity index (χ3n) is 6.28. The molecule has 1 heterocycles. The van der Waals surface area contributed by atoms with E-state index in [9.17, 15) is 17.6 Å². The zero-order valence-corrected chi connectivity index (χ0v) is 19.5. The molecular weight excluding hydrogens is 441 g/mol. The SMILES string of the molecule is O=C(NCCC1=CCCCC1)c1cccc(S(=O)(=O)N2CCN(c3ccc(F)cc3)CC2)c1. The summed E-state index contributed by atoms with van der Waals surface area (Å²) in [6.45, 7) is 2.23. The quantitative estimate of drug-likeness (QED) is 0.621. The summed E-state index contributed by atoms with van der Waals surface area (Å²) in [4.78, 5) is 14.8. The molecule has 1 saturated heterocycles. The number of hydrogen-bond donors (Lipinski definition) is 1. The lowest BCUT2D eigenvalue weighted by molar-refractivity contribution is 0.0954. The number of anilines is 1. The first-order chi connectivity index (χ1) is 15.9. The van der Waals surface area contributed by atoms with Crippen LogP contribution in [0.2, 0.25) is 0 Å². The molecule has 0 unspecified atom stereocenters. The van der Waals surface area contributed by atoms with Gasteiger partial charge in [-0.1, -0.05) is 17.7 Å². The van der Waals surface area contributed by atoms with Crippen LogP contribution in [0.3, 0.4) is 0 Å². The molecule has 1 N–H and O–H groups in total. The van der Waals surface area contributed by atoms with Gasteiger partial charge < -0.3 is 10.2 Å². The molecule has 176 valence electrons. The summed E-state index contributed by atoms with van der Waals surface area (Å²) in [7, 11) is -3.71. The number of rotatable bonds is 7. The number of hydrogen-bond acceptors (Lipinski definition) is 4. The number of sulfonamides is 1. The lowest BCUT2D eigenvalue weighted by atomic mass is 9.97. The molecule has 0 aromatic heterocycles. The Morgan fingerprint density at radius 3 is 2.45 bits per heavy atom. The fourth-order valence-electron chi connectivity index (χ4n) is 4.36. The van der Waals surface area contributed by atoms with Crippen LogP contribution < -0.4 is 10.2 Å². The summed E-state index contributed by atoms with van der Waals surface area (Å²) in [6.07, 6.45) is 7.75. The van der Waals surface area contributed by atoms with Crippen molar-refractivity contribution >= 4 is 21.6 Å². The molecule has 33 heavy (non-hydrogen) atoms. The second-order valence-electron chi connectivity index (χ2n) is 8.51. The number of carbonyl (C=O) groups excluding carboxylic acids is 1. The van der Waals surface area contributed by atoms with Crippen molar-refractivity contribution in [2.24, 2.45) is 0 Å². The maximum atomic E-state index is 13.2. The summed E-state index contributed by atoms with van der Waals surface area (Å²) in [6, 6.07) is 12.4. The molecule has 8 heteroatoms. The number of halogens is 1. The standard InChI is InChI=1S/C25H30FN3O3S/c26-22-9-11-23(12-10-22)28-15-17-29(18-16-28)33(31,32)24-8-4-7-21(19-24)25(30)27-14-13-20-5-2-1-3-6-20/h4-5,7-12,19H,1-3,6,13-18H2,(H,27,30). The summed E-state index contributed by atoms with van der Waals surface area (Å²) in [5.74, 6) is -0.556.